The van der Waals surface area contributed by atoms with E-state index in [9.17, 15) is 9.59 Å². The van der Waals surface area contributed by atoms with Gasteiger partial charge in [-0.2, -0.15) is 0 Å². The molecule has 0 radical (unpaired) electrons. The maximum atomic E-state index is 11.8. The predicted octanol–water partition coefficient (Wildman–Crippen LogP) is 3.73. The Morgan fingerprint density at radius 1 is 1.21 bits per heavy atom. The molecular weight excluding hydrogens is 308 g/mol. The van der Waals surface area contributed by atoms with Gasteiger partial charge in [-0.05, 0) is 31.2 Å². The average molecular weight is 334 g/mol. The molecule has 0 aliphatic heterocycles. The van der Waals surface area contributed by atoms with Gasteiger partial charge in [-0.25, -0.2) is 0 Å². The number of aryl methyl sites for hydroxylation is 1. The lowest BCUT2D eigenvalue weighted by atomic mass is 9.53. The first-order chi connectivity index (χ1) is 11.2. The number of hydrogen-bond donors (Lipinski definition) is 0. The van der Waals surface area contributed by atoms with E-state index in [2.05, 4.69) is 13.8 Å². The van der Waals surface area contributed by atoms with E-state index in [4.69, 9.17) is 13.9 Å². The second-order valence-electron chi connectivity index (χ2n) is 7.55. The van der Waals surface area contributed by atoms with Crippen molar-refractivity contribution in [1.82, 2.24) is 0 Å². The Labute approximate surface area is 142 Å². The summed E-state index contributed by atoms with van der Waals surface area (Å²) in [6.07, 6.45) is 3.68. The van der Waals surface area contributed by atoms with Crippen LogP contribution in [-0.4, -0.2) is 18.0 Å². The van der Waals surface area contributed by atoms with Gasteiger partial charge in [-0.15, -0.1) is 0 Å². The summed E-state index contributed by atoms with van der Waals surface area (Å²) in [5.41, 5.74) is 1.73. The molecule has 0 saturated heterocycles. The molecule has 132 valence electrons. The Balaban J connectivity index is 2.10. The Morgan fingerprint density at radius 3 is 2.50 bits per heavy atom. The molecule has 5 atom stereocenters. The predicted molar refractivity (Wildman–Crippen MR) is 87.2 cm³/mol. The lowest BCUT2D eigenvalue weighted by Gasteiger charge is -2.54. The maximum absolute atomic E-state index is 11.8. The standard InChI is InChI=1S/C19H26O5/c1-10-9-22-16-8-14-15(23-12(3)20)7-6-11(2)19(14,5)18(17(10)16)24-13(4)21/h9,11,14-15,18H,6-8H2,1-5H3/t11-,14-,15-,18+,19+/m0/s1. The molecule has 0 N–H and O–H groups in total. The van der Waals surface area contributed by atoms with Gasteiger partial charge in [0.15, 0.2) is 0 Å². The monoisotopic (exact) mass is 334 g/mol. The third kappa shape index (κ3) is 2.54. The normalized spacial score (nSPS) is 34.9. The van der Waals surface area contributed by atoms with E-state index in [0.29, 0.717) is 12.3 Å². The number of ether oxygens (including phenoxy) is 2. The minimum atomic E-state index is -0.365. The van der Waals surface area contributed by atoms with Crippen molar-refractivity contribution in [3.8, 4) is 0 Å². The third-order valence-electron chi connectivity index (χ3n) is 6.13. The molecule has 1 aromatic rings. The van der Waals surface area contributed by atoms with Crippen LogP contribution in [0.1, 0.15) is 63.5 Å². The summed E-state index contributed by atoms with van der Waals surface area (Å²) in [7, 11) is 0. The molecular formula is C19H26O5. The second-order valence-corrected chi connectivity index (χ2v) is 7.55. The molecule has 2 aliphatic rings. The molecule has 24 heavy (non-hydrogen) atoms. The molecule has 1 heterocycles. The summed E-state index contributed by atoms with van der Waals surface area (Å²) < 4.78 is 17.2. The maximum Gasteiger partial charge on any atom is 0.303 e. The van der Waals surface area contributed by atoms with Gasteiger partial charge < -0.3 is 13.9 Å². The van der Waals surface area contributed by atoms with E-state index in [0.717, 1.165) is 29.7 Å². The van der Waals surface area contributed by atoms with Crippen molar-refractivity contribution in [2.24, 2.45) is 17.3 Å². The lowest BCUT2D eigenvalue weighted by Crippen LogP contribution is -2.53. The van der Waals surface area contributed by atoms with Crippen molar-refractivity contribution in [2.75, 3.05) is 0 Å². The average Bonchev–Trinajstić information content (AvgIpc) is 2.85. The van der Waals surface area contributed by atoms with Gasteiger partial charge >= 0.3 is 11.9 Å². The Morgan fingerprint density at radius 2 is 1.88 bits per heavy atom. The van der Waals surface area contributed by atoms with E-state index in [-0.39, 0.29) is 35.5 Å². The largest absolute Gasteiger partial charge is 0.469 e. The van der Waals surface area contributed by atoms with E-state index in [1.54, 1.807) is 6.26 Å². The van der Waals surface area contributed by atoms with Crippen LogP contribution in [0.4, 0.5) is 0 Å². The van der Waals surface area contributed by atoms with Gasteiger partial charge in [0.25, 0.3) is 0 Å². The number of esters is 2. The zero-order chi connectivity index (χ0) is 17.6. The van der Waals surface area contributed by atoms with E-state index in [1.165, 1.54) is 13.8 Å². The summed E-state index contributed by atoms with van der Waals surface area (Å²) in [5.74, 6) is 0.721. The first kappa shape index (κ1) is 17.1. The third-order valence-corrected chi connectivity index (χ3v) is 6.13. The molecule has 5 heteroatoms. The Bertz CT molecular complexity index is 661. The first-order valence-electron chi connectivity index (χ1n) is 8.66. The van der Waals surface area contributed by atoms with Crippen molar-refractivity contribution < 1.29 is 23.5 Å². The molecule has 0 amide bonds. The van der Waals surface area contributed by atoms with Crippen molar-refractivity contribution >= 4 is 11.9 Å². The summed E-state index contributed by atoms with van der Waals surface area (Å²) in [6, 6.07) is 0. The molecule has 3 rings (SSSR count). The second kappa shape index (κ2) is 5.94. The van der Waals surface area contributed by atoms with Crippen molar-refractivity contribution in [3.05, 3.63) is 23.2 Å². The summed E-state index contributed by atoms with van der Waals surface area (Å²) >= 11 is 0. The molecule has 5 nitrogen and oxygen atoms in total. The Kier molecular flexibility index (Phi) is 4.22. The number of furan rings is 1. The fraction of sp³-hybridized carbons (Fsp3) is 0.684. The molecule has 0 aromatic carbocycles. The van der Waals surface area contributed by atoms with E-state index in [1.807, 2.05) is 6.92 Å². The zero-order valence-electron chi connectivity index (χ0n) is 15.0. The number of carbonyl (C=O) groups is 2. The summed E-state index contributed by atoms with van der Waals surface area (Å²) in [5, 5.41) is 0. The highest BCUT2D eigenvalue weighted by Gasteiger charge is 2.58. The van der Waals surface area contributed by atoms with Crippen LogP contribution in [0.25, 0.3) is 0 Å². The van der Waals surface area contributed by atoms with Crippen LogP contribution in [-0.2, 0) is 25.5 Å². The topological polar surface area (TPSA) is 65.7 Å². The minimum absolute atomic E-state index is 0.0764. The van der Waals surface area contributed by atoms with Gasteiger partial charge in [0.05, 0.1) is 6.26 Å². The molecule has 1 fully saturated rings. The highest BCUT2D eigenvalue weighted by atomic mass is 16.6. The lowest BCUT2D eigenvalue weighted by molar-refractivity contribution is -0.187. The SMILES string of the molecule is CC(=O)O[C@H]1CC[C@H](C)[C@@]2(C)[C@H](OC(C)=O)c3c(C)coc3C[C@@H]12. The van der Waals surface area contributed by atoms with Crippen LogP contribution in [0.15, 0.2) is 10.7 Å². The van der Waals surface area contributed by atoms with Crippen LogP contribution < -0.4 is 0 Å². The van der Waals surface area contributed by atoms with E-state index >= 15 is 0 Å². The first-order valence-corrected chi connectivity index (χ1v) is 8.66. The number of carbonyl (C=O) groups excluding carboxylic acids is 2. The molecule has 2 aliphatic carbocycles. The van der Waals surface area contributed by atoms with E-state index < -0.39 is 0 Å². The van der Waals surface area contributed by atoms with Crippen molar-refractivity contribution in [1.29, 1.82) is 0 Å². The van der Waals surface area contributed by atoms with Crippen molar-refractivity contribution in [2.45, 2.75) is 66.1 Å². The van der Waals surface area contributed by atoms with Crippen molar-refractivity contribution in [3.63, 3.8) is 0 Å². The van der Waals surface area contributed by atoms with Crippen LogP contribution in [0.3, 0.4) is 0 Å². The number of hydrogen-bond acceptors (Lipinski definition) is 5. The highest BCUT2D eigenvalue weighted by molar-refractivity contribution is 5.67. The summed E-state index contributed by atoms with van der Waals surface area (Å²) in [4.78, 5) is 23.3. The molecule has 1 aromatic heterocycles. The molecule has 1 saturated carbocycles. The fourth-order valence-corrected chi connectivity index (χ4v) is 4.73. The molecule has 0 bridgehead atoms. The molecule has 0 unspecified atom stereocenters. The smallest absolute Gasteiger partial charge is 0.303 e. The fourth-order valence-electron chi connectivity index (χ4n) is 4.73. The van der Waals surface area contributed by atoms with Crippen LogP contribution in [0.5, 0.6) is 0 Å². The van der Waals surface area contributed by atoms with Gasteiger partial charge in [0, 0.05) is 37.2 Å². The van der Waals surface area contributed by atoms with Gasteiger partial charge in [-0.3, -0.25) is 9.59 Å². The quantitative estimate of drug-likeness (QED) is 0.771. The van der Waals surface area contributed by atoms with Gasteiger partial charge in [-0.1, -0.05) is 13.8 Å². The van der Waals surface area contributed by atoms with Gasteiger partial charge in [0.2, 0.25) is 0 Å². The number of rotatable bonds is 2. The minimum Gasteiger partial charge on any atom is -0.469 e. The number of fused-ring (bicyclic) bond motifs is 2. The highest BCUT2D eigenvalue weighted by Crippen LogP contribution is 2.60. The molecule has 0 spiro atoms. The van der Waals surface area contributed by atoms with Crippen LogP contribution in [0.2, 0.25) is 0 Å². The van der Waals surface area contributed by atoms with Crippen LogP contribution in [0, 0.1) is 24.2 Å². The Hall–Kier alpha value is -1.78. The van der Waals surface area contributed by atoms with Crippen LogP contribution >= 0.6 is 0 Å². The zero-order valence-corrected chi connectivity index (χ0v) is 15.0. The van der Waals surface area contributed by atoms with Gasteiger partial charge in [0.1, 0.15) is 18.0 Å². The summed E-state index contributed by atoms with van der Waals surface area (Å²) in [6.45, 7) is 9.25.